The highest BCUT2D eigenvalue weighted by Crippen LogP contribution is 2.42. The lowest BCUT2D eigenvalue weighted by molar-refractivity contribution is 0.0944. The normalized spacial score (nSPS) is 15.9. The monoisotopic (exact) mass is 309 g/mol. The van der Waals surface area contributed by atoms with E-state index in [9.17, 15) is 4.79 Å². The predicted molar refractivity (Wildman–Crippen MR) is 85.3 cm³/mol. The average Bonchev–Trinajstić information content (AvgIpc) is 2.87. The molecule has 2 rings (SSSR count). The summed E-state index contributed by atoms with van der Waals surface area (Å²) in [4.78, 5) is 13.0. The Labute approximate surface area is 128 Å². The largest absolute Gasteiger partial charge is 0.395 e. The van der Waals surface area contributed by atoms with Gasteiger partial charge in [-0.3, -0.25) is 4.79 Å². The maximum absolute atomic E-state index is 12.1. The first-order valence-electron chi connectivity index (χ1n) is 6.71. The molecule has 1 aromatic heterocycles. The summed E-state index contributed by atoms with van der Waals surface area (Å²) < 4.78 is 0.259. The molecule has 20 heavy (non-hydrogen) atoms. The summed E-state index contributed by atoms with van der Waals surface area (Å²) in [6, 6.07) is 1.82. The molecular weight excluding hydrogens is 290 g/mol. The molecule has 0 spiro atoms. The SMILES string of the molecule is CSC1(CNC(=O)c2csc(C#CCCO)c2)CCC1. The molecule has 0 aliphatic heterocycles. The fourth-order valence-electron chi connectivity index (χ4n) is 2.09. The van der Waals surface area contributed by atoms with Crippen molar-refractivity contribution in [3.8, 4) is 11.8 Å². The van der Waals surface area contributed by atoms with E-state index < -0.39 is 0 Å². The fourth-order valence-corrected chi connectivity index (χ4v) is 3.76. The number of carbonyl (C=O) groups excluding carboxylic acids is 1. The highest BCUT2D eigenvalue weighted by atomic mass is 32.2. The molecule has 1 heterocycles. The minimum Gasteiger partial charge on any atom is -0.395 e. The van der Waals surface area contributed by atoms with Crippen LogP contribution in [0.1, 0.15) is 40.9 Å². The van der Waals surface area contributed by atoms with Gasteiger partial charge >= 0.3 is 0 Å². The van der Waals surface area contributed by atoms with Crippen LogP contribution in [-0.2, 0) is 0 Å². The Bertz CT molecular complexity index is 518. The number of nitrogens with one attached hydrogen (secondary N) is 1. The molecule has 1 aromatic rings. The Morgan fingerprint density at radius 2 is 2.40 bits per heavy atom. The molecule has 1 amide bonds. The summed E-state index contributed by atoms with van der Waals surface area (Å²) in [5.74, 6) is 5.80. The zero-order valence-corrected chi connectivity index (χ0v) is 13.2. The standard InChI is InChI=1S/C15H19NO2S2/c1-19-15(6-4-7-15)11-16-14(18)12-9-13(20-10-12)5-2-3-8-17/h9-10,17H,3-4,6-8,11H2,1H3,(H,16,18). The molecule has 0 aromatic carbocycles. The molecule has 1 saturated carbocycles. The van der Waals surface area contributed by atoms with Gasteiger partial charge in [0.05, 0.1) is 17.0 Å². The van der Waals surface area contributed by atoms with E-state index in [1.807, 2.05) is 23.2 Å². The molecule has 1 aliphatic carbocycles. The first-order valence-corrected chi connectivity index (χ1v) is 8.81. The predicted octanol–water partition coefficient (Wildman–Crippen LogP) is 2.50. The summed E-state index contributed by atoms with van der Waals surface area (Å²) in [5, 5.41) is 13.5. The van der Waals surface area contributed by atoms with E-state index in [1.54, 1.807) is 0 Å². The molecular formula is C15H19NO2S2. The Balaban J connectivity index is 1.88. The molecule has 1 fully saturated rings. The lowest BCUT2D eigenvalue weighted by Gasteiger charge is -2.40. The van der Waals surface area contributed by atoms with Crippen molar-refractivity contribution in [1.82, 2.24) is 5.32 Å². The highest BCUT2D eigenvalue weighted by Gasteiger charge is 2.36. The number of amides is 1. The van der Waals surface area contributed by atoms with Crippen molar-refractivity contribution in [2.75, 3.05) is 19.4 Å². The van der Waals surface area contributed by atoms with Gasteiger partial charge in [0.1, 0.15) is 0 Å². The van der Waals surface area contributed by atoms with E-state index in [0.717, 1.165) is 11.4 Å². The molecule has 2 N–H and O–H groups in total. The van der Waals surface area contributed by atoms with Crippen LogP contribution in [0.25, 0.3) is 0 Å². The smallest absolute Gasteiger partial charge is 0.252 e. The number of aliphatic hydroxyl groups is 1. The molecule has 0 radical (unpaired) electrons. The minimum atomic E-state index is -0.0169. The number of hydrogen-bond acceptors (Lipinski definition) is 4. The van der Waals surface area contributed by atoms with E-state index in [0.29, 0.717) is 12.0 Å². The molecule has 3 nitrogen and oxygen atoms in total. The van der Waals surface area contributed by atoms with Crippen molar-refractivity contribution in [3.63, 3.8) is 0 Å². The Hall–Kier alpha value is -0.960. The quantitative estimate of drug-likeness (QED) is 0.822. The van der Waals surface area contributed by atoms with Gasteiger partial charge in [0.15, 0.2) is 0 Å². The second kappa shape index (κ2) is 7.16. The molecule has 108 valence electrons. The van der Waals surface area contributed by atoms with Gasteiger partial charge in [0.2, 0.25) is 0 Å². The molecule has 5 heteroatoms. The first kappa shape index (κ1) is 15.4. The first-order chi connectivity index (χ1) is 9.69. The van der Waals surface area contributed by atoms with Gasteiger partial charge in [-0.1, -0.05) is 18.3 Å². The minimum absolute atomic E-state index is 0.0169. The number of thioether (sulfide) groups is 1. The van der Waals surface area contributed by atoms with Crippen molar-refractivity contribution in [3.05, 3.63) is 21.9 Å². The summed E-state index contributed by atoms with van der Waals surface area (Å²) in [7, 11) is 0. The summed E-state index contributed by atoms with van der Waals surface area (Å²) in [6.45, 7) is 0.816. The van der Waals surface area contributed by atoms with Crippen LogP contribution in [0.3, 0.4) is 0 Å². The van der Waals surface area contributed by atoms with Gasteiger partial charge in [0.25, 0.3) is 5.91 Å². The lowest BCUT2D eigenvalue weighted by Crippen LogP contribution is -2.45. The summed E-state index contributed by atoms with van der Waals surface area (Å²) >= 11 is 3.32. The Morgan fingerprint density at radius 3 is 3.00 bits per heavy atom. The number of hydrogen-bond donors (Lipinski definition) is 2. The molecule has 0 atom stereocenters. The third-order valence-electron chi connectivity index (χ3n) is 3.58. The van der Waals surface area contributed by atoms with E-state index >= 15 is 0 Å². The van der Waals surface area contributed by atoms with Gasteiger partial charge in [-0.2, -0.15) is 11.8 Å². The van der Waals surface area contributed by atoms with Crippen LogP contribution in [-0.4, -0.2) is 35.2 Å². The topological polar surface area (TPSA) is 49.3 Å². The molecule has 1 aliphatic rings. The zero-order valence-electron chi connectivity index (χ0n) is 11.6. The van der Waals surface area contributed by atoms with Crippen LogP contribution in [0, 0.1) is 11.8 Å². The van der Waals surface area contributed by atoms with Gasteiger partial charge in [-0.25, -0.2) is 0 Å². The zero-order chi connectivity index (χ0) is 14.4. The van der Waals surface area contributed by atoms with E-state index in [1.165, 1.54) is 30.6 Å². The average molecular weight is 309 g/mol. The van der Waals surface area contributed by atoms with Crippen LogP contribution >= 0.6 is 23.1 Å². The molecule has 0 saturated heterocycles. The Morgan fingerprint density at radius 1 is 1.60 bits per heavy atom. The summed E-state index contributed by atoms with van der Waals surface area (Å²) in [5.41, 5.74) is 0.680. The second-order valence-electron chi connectivity index (χ2n) is 4.90. The Kier molecular flexibility index (Phi) is 5.53. The number of aliphatic hydroxyl groups excluding tert-OH is 1. The number of thiophene rings is 1. The number of rotatable bonds is 5. The maximum atomic E-state index is 12.1. The van der Waals surface area contributed by atoms with E-state index in [2.05, 4.69) is 23.4 Å². The van der Waals surface area contributed by atoms with Crippen LogP contribution in [0.2, 0.25) is 0 Å². The highest BCUT2D eigenvalue weighted by molar-refractivity contribution is 8.00. The summed E-state index contributed by atoms with van der Waals surface area (Å²) in [6.07, 6.45) is 6.23. The van der Waals surface area contributed by atoms with Crippen LogP contribution in [0.15, 0.2) is 11.4 Å². The van der Waals surface area contributed by atoms with Crippen molar-refractivity contribution in [2.24, 2.45) is 0 Å². The molecule has 0 unspecified atom stereocenters. The third-order valence-corrected chi connectivity index (χ3v) is 5.84. The second-order valence-corrected chi connectivity index (χ2v) is 7.08. The van der Waals surface area contributed by atoms with E-state index in [4.69, 9.17) is 5.11 Å². The van der Waals surface area contributed by atoms with Crippen molar-refractivity contribution < 1.29 is 9.90 Å². The van der Waals surface area contributed by atoms with Crippen LogP contribution < -0.4 is 5.32 Å². The van der Waals surface area contributed by atoms with Gasteiger partial charge in [-0.05, 0) is 25.2 Å². The fraction of sp³-hybridized carbons (Fsp3) is 0.533. The van der Waals surface area contributed by atoms with Crippen LogP contribution in [0.4, 0.5) is 0 Å². The van der Waals surface area contributed by atoms with E-state index in [-0.39, 0.29) is 17.3 Å². The molecule has 0 bridgehead atoms. The van der Waals surface area contributed by atoms with Crippen molar-refractivity contribution in [1.29, 1.82) is 0 Å². The van der Waals surface area contributed by atoms with Crippen molar-refractivity contribution >= 4 is 29.0 Å². The van der Waals surface area contributed by atoms with Crippen LogP contribution in [0.5, 0.6) is 0 Å². The van der Waals surface area contributed by atoms with Gasteiger partial charge in [-0.15, -0.1) is 11.3 Å². The van der Waals surface area contributed by atoms with Gasteiger partial charge in [0, 0.05) is 23.1 Å². The third kappa shape index (κ3) is 3.78. The number of carbonyl (C=O) groups is 1. The van der Waals surface area contributed by atoms with Crippen molar-refractivity contribution in [2.45, 2.75) is 30.4 Å². The lowest BCUT2D eigenvalue weighted by atomic mass is 9.84. The van der Waals surface area contributed by atoms with Gasteiger partial charge < -0.3 is 10.4 Å². The maximum Gasteiger partial charge on any atom is 0.252 e.